The lowest BCUT2D eigenvalue weighted by Crippen LogP contribution is -2.21. The number of nitrogens with one attached hydrogen (secondary N) is 1. The van der Waals surface area contributed by atoms with Crippen LogP contribution in [0.2, 0.25) is 0 Å². The Kier molecular flexibility index (Phi) is 3.89. The van der Waals surface area contributed by atoms with Gasteiger partial charge in [-0.15, -0.1) is 11.3 Å². The monoisotopic (exact) mass is 259 g/mol. The van der Waals surface area contributed by atoms with E-state index in [1.807, 2.05) is 30.3 Å². The Morgan fingerprint density at radius 2 is 1.72 bits per heavy atom. The summed E-state index contributed by atoms with van der Waals surface area (Å²) in [5, 5.41) is 2.83. The number of carbonyl (C=O) groups is 2. The van der Waals surface area contributed by atoms with Gasteiger partial charge >= 0.3 is 0 Å². The minimum atomic E-state index is -0.142. The number of Topliss-reactive ketones (excluding diaryl/α,β-unsaturated/α-hetero) is 1. The van der Waals surface area contributed by atoms with Gasteiger partial charge < -0.3 is 5.32 Å². The van der Waals surface area contributed by atoms with Crippen LogP contribution in [0.3, 0.4) is 0 Å². The van der Waals surface area contributed by atoms with Gasteiger partial charge in [-0.05, 0) is 24.6 Å². The molecule has 0 unspecified atom stereocenters. The van der Waals surface area contributed by atoms with Crippen molar-refractivity contribution in [2.75, 3.05) is 0 Å². The molecule has 1 amide bonds. The topological polar surface area (TPSA) is 46.2 Å². The third kappa shape index (κ3) is 3.05. The third-order valence-corrected chi connectivity index (χ3v) is 3.66. The fourth-order valence-electron chi connectivity index (χ4n) is 1.51. The Morgan fingerprint density at radius 1 is 1.06 bits per heavy atom. The van der Waals surface area contributed by atoms with Crippen LogP contribution < -0.4 is 5.32 Å². The largest absolute Gasteiger partial charge is 0.347 e. The molecule has 1 heterocycles. The van der Waals surface area contributed by atoms with Crippen molar-refractivity contribution in [2.24, 2.45) is 0 Å². The minimum Gasteiger partial charge on any atom is -0.347 e. The second-order valence-corrected chi connectivity index (χ2v) is 4.97. The average molecular weight is 259 g/mol. The number of carbonyl (C=O) groups excluding carboxylic acids is 2. The summed E-state index contributed by atoms with van der Waals surface area (Å²) in [5.74, 6) is -0.154. The lowest BCUT2D eigenvalue weighted by molar-refractivity contribution is 0.0954. The van der Waals surface area contributed by atoms with Gasteiger partial charge in [-0.1, -0.05) is 30.3 Å². The Balaban J connectivity index is 1.97. The fraction of sp³-hybridized carbons (Fsp3) is 0.143. The van der Waals surface area contributed by atoms with Gasteiger partial charge in [-0.2, -0.15) is 0 Å². The highest BCUT2D eigenvalue weighted by molar-refractivity contribution is 7.15. The molecule has 2 rings (SSSR count). The molecule has 0 spiro atoms. The molecule has 1 aromatic heterocycles. The van der Waals surface area contributed by atoms with Crippen molar-refractivity contribution >= 4 is 23.0 Å². The summed E-state index contributed by atoms with van der Waals surface area (Å²) in [7, 11) is 0. The van der Waals surface area contributed by atoms with Crippen LogP contribution >= 0.6 is 11.3 Å². The first-order chi connectivity index (χ1) is 8.66. The molecule has 3 nitrogen and oxygen atoms in total. The van der Waals surface area contributed by atoms with Crippen LogP contribution in [0.15, 0.2) is 42.5 Å². The number of rotatable bonds is 4. The highest BCUT2D eigenvalue weighted by Crippen LogP contribution is 2.16. The summed E-state index contributed by atoms with van der Waals surface area (Å²) in [5.41, 5.74) is 1.05. The zero-order valence-corrected chi connectivity index (χ0v) is 10.8. The molecule has 0 saturated heterocycles. The number of ketones is 1. The van der Waals surface area contributed by atoms with Crippen molar-refractivity contribution in [2.45, 2.75) is 13.5 Å². The van der Waals surface area contributed by atoms with Crippen molar-refractivity contribution in [3.63, 3.8) is 0 Å². The SMILES string of the molecule is CC(=O)c1ccc(C(=O)NCc2ccccc2)s1. The van der Waals surface area contributed by atoms with E-state index in [1.165, 1.54) is 18.3 Å². The van der Waals surface area contributed by atoms with Crippen molar-refractivity contribution in [3.05, 3.63) is 57.8 Å². The summed E-state index contributed by atoms with van der Waals surface area (Å²) in [6.07, 6.45) is 0. The summed E-state index contributed by atoms with van der Waals surface area (Å²) in [6.45, 7) is 1.99. The molecule has 0 radical (unpaired) electrons. The molecule has 92 valence electrons. The van der Waals surface area contributed by atoms with Crippen LogP contribution in [-0.4, -0.2) is 11.7 Å². The zero-order chi connectivity index (χ0) is 13.0. The summed E-state index contributed by atoms with van der Waals surface area (Å²) >= 11 is 1.22. The van der Waals surface area contributed by atoms with E-state index in [9.17, 15) is 9.59 Å². The third-order valence-electron chi connectivity index (χ3n) is 2.47. The Morgan fingerprint density at radius 3 is 2.33 bits per heavy atom. The van der Waals surface area contributed by atoms with E-state index in [0.717, 1.165) is 5.56 Å². The lowest BCUT2D eigenvalue weighted by atomic mass is 10.2. The van der Waals surface area contributed by atoms with Gasteiger partial charge in [0.15, 0.2) is 5.78 Å². The first-order valence-corrected chi connectivity index (χ1v) is 6.41. The predicted octanol–water partition coefficient (Wildman–Crippen LogP) is 2.88. The number of hydrogen-bond acceptors (Lipinski definition) is 3. The van der Waals surface area contributed by atoms with Gasteiger partial charge in [0.1, 0.15) is 0 Å². The molecule has 0 fully saturated rings. The van der Waals surface area contributed by atoms with E-state index >= 15 is 0 Å². The average Bonchev–Trinajstić information content (AvgIpc) is 2.87. The predicted molar refractivity (Wildman–Crippen MR) is 71.9 cm³/mol. The second-order valence-electron chi connectivity index (χ2n) is 3.89. The van der Waals surface area contributed by atoms with Crippen LogP contribution in [0, 0.1) is 0 Å². The second kappa shape index (κ2) is 5.60. The molecule has 0 saturated carbocycles. The molecule has 18 heavy (non-hydrogen) atoms. The fourth-order valence-corrected chi connectivity index (χ4v) is 2.33. The normalized spacial score (nSPS) is 10.1. The Bertz CT molecular complexity index is 560. The first-order valence-electron chi connectivity index (χ1n) is 5.59. The van der Waals surface area contributed by atoms with E-state index in [4.69, 9.17) is 0 Å². The number of amides is 1. The van der Waals surface area contributed by atoms with Gasteiger partial charge in [0.25, 0.3) is 5.91 Å². The molecular formula is C14H13NO2S. The first kappa shape index (κ1) is 12.5. The molecule has 4 heteroatoms. The van der Waals surface area contributed by atoms with E-state index in [0.29, 0.717) is 16.3 Å². The molecule has 0 aliphatic carbocycles. The molecule has 1 aromatic carbocycles. The zero-order valence-electron chi connectivity index (χ0n) is 9.97. The summed E-state index contributed by atoms with van der Waals surface area (Å²) in [6, 6.07) is 13.1. The Hall–Kier alpha value is -1.94. The van der Waals surface area contributed by atoms with E-state index in [1.54, 1.807) is 12.1 Å². The van der Waals surface area contributed by atoms with Crippen LogP contribution in [0.1, 0.15) is 31.8 Å². The molecule has 0 aliphatic rings. The molecule has 0 aliphatic heterocycles. The molecule has 0 bridgehead atoms. The Labute approximate surface area is 109 Å². The van der Waals surface area contributed by atoms with Gasteiger partial charge in [0.05, 0.1) is 9.75 Å². The van der Waals surface area contributed by atoms with Gasteiger partial charge in [0.2, 0.25) is 0 Å². The standard InChI is InChI=1S/C14H13NO2S/c1-10(16)12-7-8-13(18-12)14(17)15-9-11-5-3-2-4-6-11/h2-8H,9H2,1H3,(H,15,17). The maximum absolute atomic E-state index is 11.8. The van der Waals surface area contributed by atoms with Crippen LogP contribution in [-0.2, 0) is 6.54 Å². The highest BCUT2D eigenvalue weighted by Gasteiger charge is 2.10. The highest BCUT2D eigenvalue weighted by atomic mass is 32.1. The van der Waals surface area contributed by atoms with E-state index < -0.39 is 0 Å². The summed E-state index contributed by atoms with van der Waals surface area (Å²) in [4.78, 5) is 24.2. The maximum atomic E-state index is 11.8. The van der Waals surface area contributed by atoms with Crippen molar-refractivity contribution in [1.29, 1.82) is 0 Å². The number of benzene rings is 1. The lowest BCUT2D eigenvalue weighted by Gasteiger charge is -2.03. The van der Waals surface area contributed by atoms with Gasteiger partial charge in [0, 0.05) is 6.54 Å². The summed E-state index contributed by atoms with van der Waals surface area (Å²) < 4.78 is 0. The van der Waals surface area contributed by atoms with Gasteiger partial charge in [-0.3, -0.25) is 9.59 Å². The van der Waals surface area contributed by atoms with Crippen molar-refractivity contribution < 1.29 is 9.59 Å². The van der Waals surface area contributed by atoms with Crippen LogP contribution in [0.4, 0.5) is 0 Å². The van der Waals surface area contributed by atoms with Crippen molar-refractivity contribution in [1.82, 2.24) is 5.32 Å². The minimum absolute atomic E-state index is 0.0119. The smallest absolute Gasteiger partial charge is 0.261 e. The van der Waals surface area contributed by atoms with Gasteiger partial charge in [-0.25, -0.2) is 0 Å². The quantitative estimate of drug-likeness (QED) is 0.858. The van der Waals surface area contributed by atoms with E-state index in [2.05, 4.69) is 5.32 Å². The van der Waals surface area contributed by atoms with E-state index in [-0.39, 0.29) is 11.7 Å². The number of thiophene rings is 1. The molecule has 2 aromatic rings. The maximum Gasteiger partial charge on any atom is 0.261 e. The molecule has 0 atom stereocenters. The van der Waals surface area contributed by atoms with Crippen molar-refractivity contribution in [3.8, 4) is 0 Å². The van der Waals surface area contributed by atoms with Crippen LogP contribution in [0.5, 0.6) is 0 Å². The molecule has 1 N–H and O–H groups in total. The molecular weight excluding hydrogens is 246 g/mol. The number of hydrogen-bond donors (Lipinski definition) is 1. The van der Waals surface area contributed by atoms with Crippen LogP contribution in [0.25, 0.3) is 0 Å².